The number of aryl methyl sites for hydroxylation is 2. The van der Waals surface area contributed by atoms with Crippen LogP contribution in [0.2, 0.25) is 0 Å². The summed E-state index contributed by atoms with van der Waals surface area (Å²) in [7, 11) is 1.64. The summed E-state index contributed by atoms with van der Waals surface area (Å²) in [5.41, 5.74) is 3.11. The van der Waals surface area contributed by atoms with Crippen LogP contribution in [-0.2, 0) is 13.6 Å². The SMILES string of the molecule is CCn1c(=O)c2c(nc(-n3nc(C)c(C)c3C)n2C(C)C)n(C)c1=O. The summed E-state index contributed by atoms with van der Waals surface area (Å²) in [5, 5.41) is 4.58. The van der Waals surface area contributed by atoms with Crippen LogP contribution >= 0.6 is 0 Å². The maximum Gasteiger partial charge on any atom is 0.332 e. The lowest BCUT2D eigenvalue weighted by atomic mass is 10.2. The van der Waals surface area contributed by atoms with Crippen molar-refractivity contribution < 1.29 is 0 Å². The molecule has 0 spiro atoms. The minimum absolute atomic E-state index is 0.0141. The van der Waals surface area contributed by atoms with Crippen molar-refractivity contribution in [3.63, 3.8) is 0 Å². The van der Waals surface area contributed by atoms with Gasteiger partial charge in [-0.25, -0.2) is 9.48 Å². The smallest absolute Gasteiger partial charge is 0.300 e. The van der Waals surface area contributed by atoms with E-state index in [1.54, 1.807) is 18.7 Å². The molecule has 8 nitrogen and oxygen atoms in total. The second kappa shape index (κ2) is 5.72. The van der Waals surface area contributed by atoms with E-state index in [0.717, 1.165) is 17.0 Å². The highest BCUT2D eigenvalue weighted by Crippen LogP contribution is 2.23. The molecule has 0 N–H and O–H groups in total. The van der Waals surface area contributed by atoms with Crippen LogP contribution in [-0.4, -0.2) is 28.5 Å². The van der Waals surface area contributed by atoms with Crippen molar-refractivity contribution in [2.45, 2.75) is 54.1 Å². The zero-order valence-corrected chi connectivity index (χ0v) is 15.8. The molecule has 3 aromatic rings. The van der Waals surface area contributed by atoms with Gasteiger partial charge in [0.1, 0.15) is 0 Å². The van der Waals surface area contributed by atoms with Gasteiger partial charge in [-0.2, -0.15) is 10.1 Å². The van der Waals surface area contributed by atoms with Crippen LogP contribution < -0.4 is 11.2 Å². The molecule has 8 heteroatoms. The second-order valence-corrected chi connectivity index (χ2v) is 6.65. The van der Waals surface area contributed by atoms with Crippen LogP contribution in [0.15, 0.2) is 9.59 Å². The van der Waals surface area contributed by atoms with Gasteiger partial charge in [0.25, 0.3) is 5.56 Å². The maximum absolute atomic E-state index is 12.9. The third kappa shape index (κ3) is 2.27. The molecule has 3 aromatic heterocycles. The lowest BCUT2D eigenvalue weighted by molar-refractivity contribution is 0.575. The Labute approximate surface area is 145 Å². The molecule has 0 aliphatic carbocycles. The monoisotopic (exact) mass is 344 g/mol. The molecule has 0 aliphatic heterocycles. The predicted octanol–water partition coefficient (Wildman–Crippen LogP) is 1.61. The lowest BCUT2D eigenvalue weighted by Gasteiger charge is -2.14. The fraction of sp³-hybridized carbons (Fsp3) is 0.529. The Kier molecular flexibility index (Phi) is 3.93. The summed E-state index contributed by atoms with van der Waals surface area (Å²) >= 11 is 0. The Bertz CT molecular complexity index is 1090. The van der Waals surface area contributed by atoms with Crippen LogP contribution in [0.25, 0.3) is 17.1 Å². The number of aromatic nitrogens is 6. The highest BCUT2D eigenvalue weighted by atomic mass is 16.2. The van der Waals surface area contributed by atoms with Gasteiger partial charge in [0.05, 0.1) is 5.69 Å². The topological polar surface area (TPSA) is 79.6 Å². The normalized spacial score (nSPS) is 11.8. The van der Waals surface area contributed by atoms with Gasteiger partial charge in [-0.3, -0.25) is 18.5 Å². The highest BCUT2D eigenvalue weighted by molar-refractivity contribution is 5.73. The average molecular weight is 344 g/mol. The number of hydrogen-bond acceptors (Lipinski definition) is 4. The van der Waals surface area contributed by atoms with Crippen LogP contribution in [0, 0.1) is 20.8 Å². The number of rotatable bonds is 3. The molecule has 0 unspecified atom stereocenters. The van der Waals surface area contributed by atoms with E-state index in [2.05, 4.69) is 10.1 Å². The van der Waals surface area contributed by atoms with Crippen molar-refractivity contribution in [2.24, 2.45) is 7.05 Å². The zero-order chi connectivity index (χ0) is 18.6. The minimum Gasteiger partial charge on any atom is -0.300 e. The Morgan fingerprint density at radius 3 is 2.24 bits per heavy atom. The highest BCUT2D eigenvalue weighted by Gasteiger charge is 2.24. The number of imidazole rings is 1. The minimum atomic E-state index is -0.357. The van der Waals surface area contributed by atoms with Gasteiger partial charge in [0.15, 0.2) is 11.2 Å². The molecular weight excluding hydrogens is 320 g/mol. The van der Waals surface area contributed by atoms with Crippen LogP contribution in [0.3, 0.4) is 0 Å². The Morgan fingerprint density at radius 2 is 1.76 bits per heavy atom. The van der Waals surface area contributed by atoms with E-state index in [-0.39, 0.29) is 17.3 Å². The summed E-state index contributed by atoms with van der Waals surface area (Å²) in [4.78, 5) is 30.0. The fourth-order valence-corrected chi connectivity index (χ4v) is 3.16. The largest absolute Gasteiger partial charge is 0.332 e. The number of nitrogens with zero attached hydrogens (tertiary/aromatic N) is 6. The first-order chi connectivity index (χ1) is 11.7. The van der Waals surface area contributed by atoms with E-state index in [4.69, 9.17) is 0 Å². The number of hydrogen-bond donors (Lipinski definition) is 0. The molecule has 0 fully saturated rings. The Morgan fingerprint density at radius 1 is 1.12 bits per heavy atom. The molecule has 25 heavy (non-hydrogen) atoms. The second-order valence-electron chi connectivity index (χ2n) is 6.65. The van der Waals surface area contributed by atoms with Gasteiger partial charge in [0, 0.05) is 25.3 Å². The van der Waals surface area contributed by atoms with Crippen molar-refractivity contribution >= 4 is 11.2 Å². The predicted molar refractivity (Wildman–Crippen MR) is 96.6 cm³/mol. The van der Waals surface area contributed by atoms with Crippen molar-refractivity contribution in [3.8, 4) is 5.95 Å². The molecule has 3 heterocycles. The van der Waals surface area contributed by atoms with Gasteiger partial charge < -0.3 is 0 Å². The Balaban J connectivity index is 2.54. The summed E-state index contributed by atoms with van der Waals surface area (Å²) in [6.45, 7) is 12.0. The first-order valence-corrected chi connectivity index (χ1v) is 8.45. The van der Waals surface area contributed by atoms with Crippen molar-refractivity contribution in [1.29, 1.82) is 0 Å². The average Bonchev–Trinajstić information content (AvgIpc) is 3.07. The molecule has 0 bridgehead atoms. The molecule has 0 saturated carbocycles. The van der Waals surface area contributed by atoms with Gasteiger partial charge in [-0.1, -0.05) is 0 Å². The lowest BCUT2D eigenvalue weighted by Crippen LogP contribution is -2.39. The molecule has 3 rings (SSSR count). The maximum atomic E-state index is 12.9. The van der Waals surface area contributed by atoms with E-state index >= 15 is 0 Å². The summed E-state index contributed by atoms with van der Waals surface area (Å²) in [5.74, 6) is 0.555. The van der Waals surface area contributed by atoms with Crippen LogP contribution in [0.5, 0.6) is 0 Å². The number of fused-ring (bicyclic) bond motifs is 1. The molecule has 0 saturated heterocycles. The molecule has 134 valence electrons. The molecular formula is C17H24N6O2. The van der Waals surface area contributed by atoms with E-state index in [9.17, 15) is 9.59 Å². The molecule has 0 atom stereocenters. The third-order valence-electron chi connectivity index (χ3n) is 4.83. The Hall–Kier alpha value is -2.64. The van der Waals surface area contributed by atoms with E-state index in [0.29, 0.717) is 23.7 Å². The molecule has 0 amide bonds. The van der Waals surface area contributed by atoms with Crippen molar-refractivity contribution in [2.75, 3.05) is 0 Å². The first kappa shape index (κ1) is 17.2. The zero-order valence-electron chi connectivity index (χ0n) is 15.8. The molecule has 0 aromatic carbocycles. The quantitative estimate of drug-likeness (QED) is 0.723. The van der Waals surface area contributed by atoms with Crippen LogP contribution in [0.4, 0.5) is 0 Å². The third-order valence-corrected chi connectivity index (χ3v) is 4.83. The summed E-state index contributed by atoms with van der Waals surface area (Å²) in [6, 6.07) is -0.0141. The van der Waals surface area contributed by atoms with Gasteiger partial charge in [0.2, 0.25) is 5.95 Å². The standard InChI is InChI=1S/C17H24N6O2/c1-8-21-15(24)13-14(20(7)17(21)25)18-16(22(13)9(2)3)23-12(6)10(4)11(5)19-23/h9H,8H2,1-7H3. The first-order valence-electron chi connectivity index (χ1n) is 8.45. The van der Waals surface area contributed by atoms with Crippen molar-refractivity contribution in [3.05, 3.63) is 37.8 Å². The molecule has 0 radical (unpaired) electrons. The van der Waals surface area contributed by atoms with Gasteiger partial charge in [-0.15, -0.1) is 0 Å². The summed E-state index contributed by atoms with van der Waals surface area (Å²) in [6.07, 6.45) is 0. The van der Waals surface area contributed by atoms with E-state index in [1.807, 2.05) is 39.2 Å². The van der Waals surface area contributed by atoms with Crippen LogP contribution in [0.1, 0.15) is 43.8 Å². The molecule has 0 aliphatic rings. The fourth-order valence-electron chi connectivity index (χ4n) is 3.16. The van der Waals surface area contributed by atoms with Gasteiger partial charge in [-0.05, 0) is 47.1 Å². The summed E-state index contributed by atoms with van der Waals surface area (Å²) < 4.78 is 6.29. The van der Waals surface area contributed by atoms with E-state index < -0.39 is 0 Å². The van der Waals surface area contributed by atoms with Crippen molar-refractivity contribution in [1.82, 2.24) is 28.5 Å². The van der Waals surface area contributed by atoms with Gasteiger partial charge >= 0.3 is 5.69 Å². The van der Waals surface area contributed by atoms with E-state index in [1.165, 1.54) is 9.13 Å².